The zero-order valence-corrected chi connectivity index (χ0v) is 11.8. The van der Waals surface area contributed by atoms with Crippen molar-refractivity contribution in [1.29, 1.82) is 0 Å². The zero-order chi connectivity index (χ0) is 14.4. The van der Waals surface area contributed by atoms with Gasteiger partial charge in [0.15, 0.2) is 0 Å². The number of thiophene rings is 1. The molecule has 0 bridgehead atoms. The Labute approximate surface area is 116 Å². The molecule has 1 aromatic rings. The van der Waals surface area contributed by atoms with E-state index in [1.165, 1.54) is 16.5 Å². The second kappa shape index (κ2) is 6.94. The highest BCUT2D eigenvalue weighted by Crippen LogP contribution is 2.20. The molecular weight excluding hydrogens is 264 g/mol. The van der Waals surface area contributed by atoms with E-state index < -0.39 is 18.0 Å². The molecule has 1 unspecified atom stereocenters. The smallest absolute Gasteiger partial charge is 0.326 e. The molecule has 0 radical (unpaired) electrons. The Morgan fingerprint density at radius 1 is 1.53 bits per heavy atom. The van der Waals surface area contributed by atoms with Gasteiger partial charge in [0.2, 0.25) is 0 Å². The molecule has 0 saturated carbocycles. The van der Waals surface area contributed by atoms with E-state index >= 15 is 0 Å². The first kappa shape index (κ1) is 15.2. The van der Waals surface area contributed by atoms with Gasteiger partial charge < -0.3 is 15.7 Å². The van der Waals surface area contributed by atoms with Crippen LogP contribution in [0.4, 0.5) is 4.79 Å². The molecule has 0 aliphatic carbocycles. The number of carboxylic acid groups (broad SMARTS) is 1. The Kier molecular flexibility index (Phi) is 5.57. The summed E-state index contributed by atoms with van der Waals surface area (Å²) >= 11 is 1.62. The molecule has 0 aliphatic rings. The van der Waals surface area contributed by atoms with Crippen molar-refractivity contribution in [2.75, 3.05) is 0 Å². The number of hydrogen-bond donors (Lipinski definition) is 3. The van der Waals surface area contributed by atoms with Gasteiger partial charge in [-0.2, -0.15) is 0 Å². The van der Waals surface area contributed by atoms with Crippen molar-refractivity contribution >= 4 is 23.3 Å². The predicted octanol–water partition coefficient (Wildman–Crippen LogP) is 2.19. The Hall–Kier alpha value is -1.82. The number of urea groups is 1. The highest BCUT2D eigenvalue weighted by molar-refractivity contribution is 7.12. The summed E-state index contributed by atoms with van der Waals surface area (Å²) in [6, 6.07) is 0.584. The number of hydrogen-bond acceptors (Lipinski definition) is 3. The number of carbonyl (C=O) groups is 2. The average molecular weight is 282 g/mol. The first-order valence-corrected chi connectivity index (χ1v) is 6.69. The summed E-state index contributed by atoms with van der Waals surface area (Å²) < 4.78 is 0. The number of amides is 2. The van der Waals surface area contributed by atoms with Gasteiger partial charge in [-0.1, -0.05) is 6.08 Å². The van der Waals surface area contributed by atoms with Crippen LogP contribution < -0.4 is 10.6 Å². The van der Waals surface area contributed by atoms with Gasteiger partial charge in [0.05, 0.1) is 6.54 Å². The topological polar surface area (TPSA) is 78.4 Å². The third-order valence-corrected chi connectivity index (χ3v) is 3.80. The van der Waals surface area contributed by atoms with E-state index in [1.807, 2.05) is 19.9 Å². The number of rotatable bonds is 6. The molecule has 5 nitrogen and oxygen atoms in total. The Bertz CT molecular complexity index is 463. The molecule has 104 valence electrons. The highest BCUT2D eigenvalue weighted by atomic mass is 32.1. The standard InChI is InChI=1S/C13H18N2O3S/c1-4-5-11(12(16)17)15-13(18)14-7-10-6-8(2)9(3)19-10/h4,6,11H,1,5,7H2,2-3H3,(H,16,17)(H2,14,15,18). The second-order valence-corrected chi connectivity index (χ2v) is 5.54. The SMILES string of the molecule is C=CCC(NC(=O)NCc1cc(C)c(C)s1)C(=O)O. The van der Waals surface area contributed by atoms with Gasteiger partial charge in [-0.15, -0.1) is 17.9 Å². The van der Waals surface area contributed by atoms with Gasteiger partial charge in [0.1, 0.15) is 6.04 Å². The van der Waals surface area contributed by atoms with Crippen LogP contribution in [0.2, 0.25) is 0 Å². The number of aryl methyl sites for hydroxylation is 2. The summed E-state index contributed by atoms with van der Waals surface area (Å²) in [5, 5.41) is 13.9. The molecule has 2 amide bonds. The van der Waals surface area contributed by atoms with Crippen LogP contribution in [0.15, 0.2) is 18.7 Å². The molecule has 1 heterocycles. The molecule has 0 aromatic carbocycles. The molecule has 0 spiro atoms. The third kappa shape index (κ3) is 4.75. The van der Waals surface area contributed by atoms with Crippen molar-refractivity contribution in [3.8, 4) is 0 Å². The summed E-state index contributed by atoms with van der Waals surface area (Å²) in [4.78, 5) is 24.7. The maximum absolute atomic E-state index is 11.6. The van der Waals surface area contributed by atoms with E-state index in [-0.39, 0.29) is 6.42 Å². The van der Waals surface area contributed by atoms with Crippen molar-refractivity contribution in [3.05, 3.63) is 34.0 Å². The summed E-state index contributed by atoms with van der Waals surface area (Å²) in [7, 11) is 0. The molecule has 6 heteroatoms. The third-order valence-electron chi connectivity index (χ3n) is 2.65. The number of aliphatic carboxylic acids is 1. The van der Waals surface area contributed by atoms with Crippen LogP contribution in [0.1, 0.15) is 21.7 Å². The quantitative estimate of drug-likeness (QED) is 0.700. The molecule has 0 fully saturated rings. The lowest BCUT2D eigenvalue weighted by atomic mass is 10.2. The normalized spacial score (nSPS) is 11.7. The Morgan fingerprint density at radius 2 is 2.21 bits per heavy atom. The Balaban J connectivity index is 2.46. The van der Waals surface area contributed by atoms with Crippen LogP contribution in [-0.4, -0.2) is 23.1 Å². The van der Waals surface area contributed by atoms with Crippen LogP contribution in [0, 0.1) is 13.8 Å². The summed E-state index contributed by atoms with van der Waals surface area (Å²) in [5.41, 5.74) is 1.19. The van der Waals surface area contributed by atoms with E-state index in [4.69, 9.17) is 5.11 Å². The lowest BCUT2D eigenvalue weighted by Gasteiger charge is -2.12. The minimum Gasteiger partial charge on any atom is -0.480 e. The maximum atomic E-state index is 11.6. The van der Waals surface area contributed by atoms with Crippen LogP contribution in [-0.2, 0) is 11.3 Å². The number of nitrogens with one attached hydrogen (secondary N) is 2. The molecule has 0 aliphatic heterocycles. The van der Waals surface area contributed by atoms with Crippen molar-refractivity contribution in [1.82, 2.24) is 10.6 Å². The van der Waals surface area contributed by atoms with Crippen molar-refractivity contribution < 1.29 is 14.7 Å². The van der Waals surface area contributed by atoms with Gasteiger partial charge in [-0.05, 0) is 31.9 Å². The number of carboxylic acids is 1. The van der Waals surface area contributed by atoms with Gasteiger partial charge >= 0.3 is 12.0 Å². The zero-order valence-electron chi connectivity index (χ0n) is 11.0. The van der Waals surface area contributed by atoms with Crippen molar-refractivity contribution in [2.45, 2.75) is 32.9 Å². The van der Waals surface area contributed by atoms with Gasteiger partial charge in [0, 0.05) is 9.75 Å². The Morgan fingerprint density at radius 3 is 2.68 bits per heavy atom. The summed E-state index contributed by atoms with van der Waals surface area (Å²) in [5.74, 6) is -1.07. The molecule has 1 aromatic heterocycles. The first-order chi connectivity index (χ1) is 8.93. The molecular formula is C13H18N2O3S. The van der Waals surface area contributed by atoms with Crippen molar-refractivity contribution in [2.24, 2.45) is 0 Å². The summed E-state index contributed by atoms with van der Waals surface area (Å²) in [6.45, 7) is 7.89. The first-order valence-electron chi connectivity index (χ1n) is 5.88. The largest absolute Gasteiger partial charge is 0.480 e. The second-order valence-electron chi connectivity index (χ2n) is 4.19. The van der Waals surface area contributed by atoms with Crippen molar-refractivity contribution in [3.63, 3.8) is 0 Å². The van der Waals surface area contributed by atoms with Crippen LogP contribution >= 0.6 is 11.3 Å². The predicted molar refractivity (Wildman–Crippen MR) is 75.4 cm³/mol. The van der Waals surface area contributed by atoms with Crippen LogP contribution in [0.25, 0.3) is 0 Å². The summed E-state index contributed by atoms with van der Waals surface area (Å²) in [6.07, 6.45) is 1.66. The molecule has 3 N–H and O–H groups in total. The van der Waals surface area contributed by atoms with E-state index in [9.17, 15) is 9.59 Å². The van der Waals surface area contributed by atoms with Gasteiger partial charge in [0.25, 0.3) is 0 Å². The monoisotopic (exact) mass is 282 g/mol. The van der Waals surface area contributed by atoms with Gasteiger partial charge in [-0.3, -0.25) is 0 Å². The maximum Gasteiger partial charge on any atom is 0.326 e. The van der Waals surface area contributed by atoms with E-state index in [1.54, 1.807) is 11.3 Å². The minimum atomic E-state index is -1.07. The lowest BCUT2D eigenvalue weighted by Crippen LogP contribution is -2.45. The fourth-order valence-electron chi connectivity index (χ4n) is 1.50. The fraction of sp³-hybridized carbons (Fsp3) is 0.385. The molecule has 1 atom stereocenters. The van der Waals surface area contributed by atoms with E-state index in [0.717, 1.165) is 4.88 Å². The van der Waals surface area contributed by atoms with E-state index in [2.05, 4.69) is 17.2 Å². The lowest BCUT2D eigenvalue weighted by molar-refractivity contribution is -0.139. The van der Waals surface area contributed by atoms with E-state index in [0.29, 0.717) is 6.54 Å². The van der Waals surface area contributed by atoms with Crippen LogP contribution in [0.5, 0.6) is 0 Å². The fourth-order valence-corrected chi connectivity index (χ4v) is 2.49. The molecule has 19 heavy (non-hydrogen) atoms. The molecule has 0 saturated heterocycles. The van der Waals surface area contributed by atoms with Gasteiger partial charge in [-0.25, -0.2) is 9.59 Å². The minimum absolute atomic E-state index is 0.194. The average Bonchev–Trinajstić information content (AvgIpc) is 2.65. The van der Waals surface area contributed by atoms with Crippen LogP contribution in [0.3, 0.4) is 0 Å². The molecule has 1 rings (SSSR count). The number of carbonyl (C=O) groups excluding carboxylic acids is 1. The highest BCUT2D eigenvalue weighted by Gasteiger charge is 2.17.